The van der Waals surface area contributed by atoms with Gasteiger partial charge in [-0.3, -0.25) is 23.5 Å². The van der Waals surface area contributed by atoms with E-state index in [-0.39, 0.29) is 18.5 Å². The zero-order valence-electron chi connectivity index (χ0n) is 16.7. The van der Waals surface area contributed by atoms with Gasteiger partial charge in [0.2, 0.25) is 5.91 Å². The average Bonchev–Trinajstić information content (AvgIpc) is 3.15. The van der Waals surface area contributed by atoms with Crippen molar-refractivity contribution in [2.45, 2.75) is 32.4 Å². The van der Waals surface area contributed by atoms with Crippen molar-refractivity contribution in [1.29, 1.82) is 0 Å². The molecule has 1 amide bonds. The Kier molecular flexibility index (Phi) is 5.52. The van der Waals surface area contributed by atoms with Crippen molar-refractivity contribution in [3.8, 4) is 11.4 Å². The topological polar surface area (TPSA) is 82.3 Å². The Bertz CT molecular complexity index is 1180. The Morgan fingerprint density at radius 2 is 1.83 bits per heavy atom. The van der Waals surface area contributed by atoms with Gasteiger partial charge in [-0.2, -0.15) is 0 Å². The second kappa shape index (κ2) is 8.41. The van der Waals surface area contributed by atoms with E-state index in [1.54, 1.807) is 24.3 Å². The summed E-state index contributed by atoms with van der Waals surface area (Å²) >= 11 is 0. The van der Waals surface area contributed by atoms with Gasteiger partial charge in [-0.15, -0.1) is 0 Å². The summed E-state index contributed by atoms with van der Waals surface area (Å²) < 4.78 is 7.80. The van der Waals surface area contributed by atoms with Crippen molar-refractivity contribution in [3.05, 3.63) is 92.8 Å². The Hall–Kier alpha value is -3.61. The predicted octanol–water partition coefficient (Wildman–Crippen LogP) is 2.20. The maximum atomic E-state index is 12.6. The molecule has 1 N–H and O–H groups in total. The molecule has 154 valence electrons. The van der Waals surface area contributed by atoms with Gasteiger partial charge in [0, 0.05) is 18.1 Å². The van der Waals surface area contributed by atoms with Crippen LogP contribution in [-0.2, 0) is 17.8 Å². The minimum absolute atomic E-state index is 0.0615. The van der Waals surface area contributed by atoms with Crippen LogP contribution in [0.1, 0.15) is 30.5 Å². The minimum atomic E-state index is -0.742. The smallest absolute Gasteiger partial charge is 0.320 e. The fourth-order valence-corrected chi connectivity index (χ4v) is 3.81. The SMILES string of the molecule is CCOc1ccc(-n2ccn(CC(=O)NC3CCc4ccccc43)c(=O)c2=O)cc1. The lowest BCUT2D eigenvalue weighted by atomic mass is 10.1. The van der Waals surface area contributed by atoms with Crippen molar-refractivity contribution in [1.82, 2.24) is 14.5 Å². The number of rotatable bonds is 6. The van der Waals surface area contributed by atoms with Crippen molar-refractivity contribution in [2.24, 2.45) is 0 Å². The molecule has 1 aromatic heterocycles. The molecule has 0 bridgehead atoms. The quantitative estimate of drug-likeness (QED) is 0.638. The first-order chi connectivity index (χ1) is 14.6. The number of hydrogen-bond acceptors (Lipinski definition) is 4. The molecule has 30 heavy (non-hydrogen) atoms. The third-order valence-corrected chi connectivity index (χ3v) is 5.27. The maximum absolute atomic E-state index is 12.6. The van der Waals surface area contributed by atoms with E-state index in [9.17, 15) is 14.4 Å². The third-order valence-electron chi connectivity index (χ3n) is 5.27. The maximum Gasteiger partial charge on any atom is 0.320 e. The summed E-state index contributed by atoms with van der Waals surface area (Å²) in [6.07, 6.45) is 4.71. The normalized spacial score (nSPS) is 14.9. The van der Waals surface area contributed by atoms with Gasteiger partial charge in [-0.25, -0.2) is 0 Å². The van der Waals surface area contributed by atoms with Crippen LogP contribution in [0.4, 0.5) is 0 Å². The summed E-state index contributed by atoms with van der Waals surface area (Å²) in [5, 5.41) is 2.97. The molecule has 4 rings (SSSR count). The number of nitrogens with one attached hydrogen (secondary N) is 1. The standard InChI is InChI=1S/C23H23N3O4/c1-2-30-18-10-8-17(9-11-18)26-14-13-25(22(28)23(26)29)15-21(27)24-20-12-7-16-5-3-4-6-19(16)20/h3-6,8-11,13-14,20H,2,7,12,15H2,1H3,(H,24,27). The highest BCUT2D eigenvalue weighted by Crippen LogP contribution is 2.30. The fourth-order valence-electron chi connectivity index (χ4n) is 3.81. The average molecular weight is 405 g/mol. The van der Waals surface area contributed by atoms with Gasteiger partial charge in [0.1, 0.15) is 12.3 Å². The van der Waals surface area contributed by atoms with Crippen molar-refractivity contribution < 1.29 is 9.53 Å². The Morgan fingerprint density at radius 3 is 2.60 bits per heavy atom. The highest BCUT2D eigenvalue weighted by atomic mass is 16.5. The van der Waals surface area contributed by atoms with E-state index in [1.807, 2.05) is 25.1 Å². The number of ether oxygens (including phenoxy) is 1. The van der Waals surface area contributed by atoms with Crippen LogP contribution in [-0.4, -0.2) is 21.6 Å². The molecule has 0 saturated heterocycles. The molecular weight excluding hydrogens is 382 g/mol. The largest absolute Gasteiger partial charge is 0.494 e. The molecule has 3 aromatic rings. The number of fused-ring (bicyclic) bond motifs is 1. The number of aromatic nitrogens is 2. The number of nitrogens with zero attached hydrogens (tertiary/aromatic N) is 2. The lowest BCUT2D eigenvalue weighted by Crippen LogP contribution is -2.42. The zero-order valence-corrected chi connectivity index (χ0v) is 16.7. The van der Waals surface area contributed by atoms with E-state index in [1.165, 1.54) is 22.5 Å². The Labute approximate surface area is 173 Å². The van der Waals surface area contributed by atoms with E-state index in [4.69, 9.17) is 4.74 Å². The summed E-state index contributed by atoms with van der Waals surface area (Å²) in [7, 11) is 0. The van der Waals surface area contributed by atoms with Crippen molar-refractivity contribution >= 4 is 5.91 Å². The van der Waals surface area contributed by atoms with Gasteiger partial charge < -0.3 is 10.1 Å². The van der Waals surface area contributed by atoms with Gasteiger partial charge in [0.05, 0.1) is 12.6 Å². The van der Waals surface area contributed by atoms with Crippen LogP contribution in [0, 0.1) is 0 Å². The monoisotopic (exact) mass is 405 g/mol. The molecule has 2 aromatic carbocycles. The highest BCUT2D eigenvalue weighted by molar-refractivity contribution is 5.76. The third kappa shape index (κ3) is 3.91. The molecule has 0 saturated carbocycles. The number of benzene rings is 2. The minimum Gasteiger partial charge on any atom is -0.494 e. The van der Waals surface area contributed by atoms with Crippen LogP contribution in [0.25, 0.3) is 5.69 Å². The highest BCUT2D eigenvalue weighted by Gasteiger charge is 2.23. The molecule has 1 unspecified atom stereocenters. The molecular formula is C23H23N3O4. The number of carbonyl (C=O) groups is 1. The summed E-state index contributed by atoms with van der Waals surface area (Å²) in [6, 6.07) is 14.8. The zero-order chi connectivity index (χ0) is 21.1. The summed E-state index contributed by atoms with van der Waals surface area (Å²) in [5.74, 6) is 0.393. The van der Waals surface area contributed by atoms with Crippen LogP contribution in [0.5, 0.6) is 5.75 Å². The van der Waals surface area contributed by atoms with Crippen LogP contribution < -0.4 is 21.2 Å². The summed E-state index contributed by atoms with van der Waals surface area (Å²) in [6.45, 7) is 2.24. The Balaban J connectivity index is 1.49. The van der Waals surface area contributed by atoms with Crippen molar-refractivity contribution in [2.75, 3.05) is 6.61 Å². The van der Waals surface area contributed by atoms with E-state index >= 15 is 0 Å². The summed E-state index contributed by atoms with van der Waals surface area (Å²) in [5.41, 5.74) is 1.45. The molecule has 7 heteroatoms. The second-order valence-corrected chi connectivity index (χ2v) is 7.19. The number of amides is 1. The van der Waals surface area contributed by atoms with Crippen molar-refractivity contribution in [3.63, 3.8) is 0 Å². The van der Waals surface area contributed by atoms with Crippen LogP contribution in [0.3, 0.4) is 0 Å². The van der Waals surface area contributed by atoms with Gasteiger partial charge in [0.25, 0.3) is 0 Å². The summed E-state index contributed by atoms with van der Waals surface area (Å²) in [4.78, 5) is 37.6. The predicted molar refractivity (Wildman–Crippen MR) is 113 cm³/mol. The molecule has 7 nitrogen and oxygen atoms in total. The van der Waals surface area contributed by atoms with Crippen LogP contribution in [0.2, 0.25) is 0 Å². The second-order valence-electron chi connectivity index (χ2n) is 7.19. The lowest BCUT2D eigenvalue weighted by molar-refractivity contribution is -0.122. The molecule has 1 heterocycles. The number of aryl methyl sites for hydroxylation is 1. The lowest BCUT2D eigenvalue weighted by Gasteiger charge is -2.15. The first-order valence-electron chi connectivity index (χ1n) is 9.99. The fraction of sp³-hybridized carbons (Fsp3) is 0.261. The Morgan fingerprint density at radius 1 is 1.07 bits per heavy atom. The van der Waals surface area contributed by atoms with Gasteiger partial charge in [0.15, 0.2) is 0 Å². The van der Waals surface area contributed by atoms with E-state index in [2.05, 4.69) is 11.4 Å². The van der Waals surface area contributed by atoms with E-state index in [0.717, 1.165) is 23.0 Å². The van der Waals surface area contributed by atoms with Gasteiger partial charge >= 0.3 is 11.1 Å². The number of hydrogen-bond donors (Lipinski definition) is 1. The van der Waals surface area contributed by atoms with Gasteiger partial charge in [-0.05, 0) is 55.2 Å². The first-order valence-corrected chi connectivity index (χ1v) is 9.99. The first kappa shape index (κ1) is 19.7. The molecule has 0 aliphatic heterocycles. The molecule has 0 fully saturated rings. The van der Waals surface area contributed by atoms with Crippen LogP contribution in [0.15, 0.2) is 70.5 Å². The molecule has 0 radical (unpaired) electrons. The van der Waals surface area contributed by atoms with E-state index in [0.29, 0.717) is 18.0 Å². The molecule has 1 aliphatic rings. The molecule has 1 atom stereocenters. The molecule has 1 aliphatic carbocycles. The van der Waals surface area contributed by atoms with Gasteiger partial charge in [-0.1, -0.05) is 24.3 Å². The van der Waals surface area contributed by atoms with E-state index < -0.39 is 11.1 Å². The number of carbonyl (C=O) groups excluding carboxylic acids is 1. The van der Waals surface area contributed by atoms with Crippen LogP contribution >= 0.6 is 0 Å². The molecule has 0 spiro atoms.